The Morgan fingerprint density at radius 1 is 1.00 bits per heavy atom. The number of alkyl halides is 2. The lowest BCUT2D eigenvalue weighted by Gasteiger charge is -2.11. The monoisotopic (exact) mass is 515 g/mol. The molecule has 0 bridgehead atoms. The van der Waals surface area contributed by atoms with E-state index in [0.29, 0.717) is 24.2 Å². The molecule has 0 aliphatic heterocycles. The molecule has 2 aromatic carbocycles. The number of anilines is 1. The van der Waals surface area contributed by atoms with Crippen LogP contribution in [0.15, 0.2) is 65.6 Å². The van der Waals surface area contributed by atoms with Crippen LogP contribution < -0.4 is 5.32 Å². The number of hydrogen-bond acceptors (Lipinski definition) is 6. The van der Waals surface area contributed by atoms with E-state index in [9.17, 15) is 22.0 Å². The molecule has 1 N–H and O–H groups in total. The van der Waals surface area contributed by atoms with Crippen LogP contribution in [0.1, 0.15) is 31.2 Å². The number of nitrogens with zero attached hydrogens (tertiary/aromatic N) is 2. The molecule has 182 valence electrons. The van der Waals surface area contributed by atoms with Gasteiger partial charge in [-0.1, -0.05) is 48.5 Å². The first kappa shape index (κ1) is 23.7. The zero-order valence-electron chi connectivity index (χ0n) is 18.6. The quantitative estimate of drug-likeness (QED) is 0.434. The van der Waals surface area contributed by atoms with E-state index < -0.39 is 34.0 Å². The molecule has 3 atom stereocenters. The van der Waals surface area contributed by atoms with Gasteiger partial charge < -0.3 is 0 Å². The first-order valence-corrected chi connectivity index (χ1v) is 13.7. The van der Waals surface area contributed by atoms with E-state index in [2.05, 4.69) is 14.7 Å². The average molecular weight is 516 g/mol. The smallest absolute Gasteiger partial charge is 0.257 e. The van der Waals surface area contributed by atoms with Gasteiger partial charge in [0.2, 0.25) is 5.13 Å². The van der Waals surface area contributed by atoms with E-state index in [4.69, 9.17) is 0 Å². The minimum atomic E-state index is -3.37. The highest BCUT2D eigenvalue weighted by atomic mass is 32.2. The van der Waals surface area contributed by atoms with Gasteiger partial charge in [-0.25, -0.2) is 17.2 Å². The molecule has 2 fully saturated rings. The fourth-order valence-corrected chi connectivity index (χ4v) is 6.42. The minimum Gasteiger partial charge on any atom is -0.297 e. The van der Waals surface area contributed by atoms with Gasteiger partial charge in [0, 0.05) is 22.7 Å². The predicted molar refractivity (Wildman–Crippen MR) is 131 cm³/mol. The van der Waals surface area contributed by atoms with E-state index in [1.165, 1.54) is 12.1 Å². The number of amides is 1. The third kappa shape index (κ3) is 5.18. The lowest BCUT2D eigenvalue weighted by molar-refractivity contribution is -0.111. The molecule has 1 unspecified atom stereocenters. The summed E-state index contributed by atoms with van der Waals surface area (Å²) in [5, 5.41) is 2.67. The second-order valence-electron chi connectivity index (χ2n) is 8.86. The molecule has 5 rings (SSSR count). The average Bonchev–Trinajstić information content (AvgIpc) is 3.55. The van der Waals surface area contributed by atoms with E-state index in [1.54, 1.807) is 18.2 Å². The largest absolute Gasteiger partial charge is 0.297 e. The Bertz CT molecular complexity index is 1340. The number of carbonyl (C=O) groups is 1. The van der Waals surface area contributed by atoms with Crippen LogP contribution in [0, 0.1) is 5.92 Å². The van der Waals surface area contributed by atoms with Gasteiger partial charge in [0.05, 0.1) is 10.1 Å². The fraction of sp³-hybridized carbons (Fsp3) is 0.320. The van der Waals surface area contributed by atoms with E-state index in [1.807, 2.05) is 30.3 Å². The van der Waals surface area contributed by atoms with E-state index in [0.717, 1.165) is 17.1 Å². The van der Waals surface area contributed by atoms with Crippen molar-refractivity contribution in [3.05, 3.63) is 66.2 Å². The lowest BCUT2D eigenvalue weighted by Crippen LogP contribution is -2.15. The lowest BCUT2D eigenvalue weighted by atomic mass is 9.98. The third-order valence-corrected chi connectivity index (χ3v) is 9.14. The first-order valence-electron chi connectivity index (χ1n) is 11.4. The molecule has 6 nitrogen and oxygen atoms in total. The number of aromatic nitrogens is 2. The normalized spacial score (nSPS) is 22.8. The number of allylic oxidation sites excluding steroid dienone is 1. The number of benzene rings is 2. The van der Waals surface area contributed by atoms with Gasteiger partial charge in [-0.2, -0.15) is 9.36 Å². The summed E-state index contributed by atoms with van der Waals surface area (Å²) < 4.78 is 57.0. The first-order chi connectivity index (χ1) is 16.8. The summed E-state index contributed by atoms with van der Waals surface area (Å²) in [5.41, 5.74) is 1.48. The molecule has 2 saturated carbocycles. The standard InChI is InChI=1S/C25H23F2N3O3S2/c26-21-13-15(14-22(21)27)12-20(16-6-8-18(9-7-16)35(32,33)19-10-11-19)24(31)29-25-28-23(30-34-25)17-4-2-1-3-5-17/h1-9,12,15,19,21-22H,10-11,13-14H2,(H,28,29,30,31)/t15?,21-,22+. The SMILES string of the molecule is O=C(Nc1nc(-c2ccccc2)ns1)C(=CC1C[C@@H](F)[C@@H](F)C1)c1ccc(S(=O)(=O)C2CC2)cc1. The summed E-state index contributed by atoms with van der Waals surface area (Å²) in [6.07, 6.45) is -0.273. The van der Waals surface area contributed by atoms with Crippen molar-refractivity contribution in [1.29, 1.82) is 0 Å². The second-order valence-corrected chi connectivity index (χ2v) is 11.8. The van der Waals surface area contributed by atoms with Crippen molar-refractivity contribution in [2.45, 2.75) is 48.2 Å². The molecule has 35 heavy (non-hydrogen) atoms. The summed E-state index contributed by atoms with van der Waals surface area (Å²) in [5.74, 6) is -0.483. The number of nitrogens with one attached hydrogen (secondary N) is 1. The minimum absolute atomic E-state index is 0.0109. The van der Waals surface area contributed by atoms with Crippen LogP contribution >= 0.6 is 11.5 Å². The van der Waals surface area contributed by atoms with Crippen molar-refractivity contribution < 1.29 is 22.0 Å². The highest BCUT2D eigenvalue weighted by molar-refractivity contribution is 7.92. The van der Waals surface area contributed by atoms with Crippen LogP contribution in [0.4, 0.5) is 13.9 Å². The second kappa shape index (κ2) is 9.58. The molecular weight excluding hydrogens is 492 g/mol. The van der Waals surface area contributed by atoms with E-state index in [-0.39, 0.29) is 33.7 Å². The Balaban J connectivity index is 1.41. The van der Waals surface area contributed by atoms with Crippen LogP contribution in [0.3, 0.4) is 0 Å². The van der Waals surface area contributed by atoms with Gasteiger partial charge in [0.1, 0.15) is 12.3 Å². The molecule has 0 spiro atoms. The number of carbonyl (C=O) groups excluding carboxylic acids is 1. The van der Waals surface area contributed by atoms with Crippen molar-refractivity contribution in [2.75, 3.05) is 5.32 Å². The summed E-state index contributed by atoms with van der Waals surface area (Å²) >= 11 is 1.03. The van der Waals surface area contributed by atoms with E-state index >= 15 is 0 Å². The van der Waals surface area contributed by atoms with Crippen LogP contribution in [-0.2, 0) is 14.6 Å². The topological polar surface area (TPSA) is 89.0 Å². The summed E-state index contributed by atoms with van der Waals surface area (Å²) in [7, 11) is -3.37. The number of sulfone groups is 1. The van der Waals surface area contributed by atoms with Gasteiger partial charge in [-0.3, -0.25) is 10.1 Å². The summed E-state index contributed by atoms with van der Waals surface area (Å²) in [4.78, 5) is 17.8. The highest BCUT2D eigenvalue weighted by Crippen LogP contribution is 2.36. The maximum atomic E-state index is 13.8. The van der Waals surface area contributed by atoms with Crippen molar-refractivity contribution in [3.63, 3.8) is 0 Å². The maximum absolute atomic E-state index is 13.8. The maximum Gasteiger partial charge on any atom is 0.257 e. The Labute approximate surface area is 206 Å². The highest BCUT2D eigenvalue weighted by Gasteiger charge is 2.37. The van der Waals surface area contributed by atoms with Crippen LogP contribution in [0.5, 0.6) is 0 Å². The Hall–Kier alpha value is -2.98. The predicted octanol–water partition coefficient (Wildman–Crippen LogP) is 5.25. The summed E-state index contributed by atoms with van der Waals surface area (Å²) in [6, 6.07) is 15.4. The molecule has 3 aromatic rings. The molecule has 2 aliphatic carbocycles. The summed E-state index contributed by atoms with van der Waals surface area (Å²) in [6.45, 7) is 0. The Morgan fingerprint density at radius 3 is 2.29 bits per heavy atom. The Kier molecular flexibility index (Phi) is 6.50. The molecule has 0 saturated heterocycles. The van der Waals surface area contributed by atoms with Crippen molar-refractivity contribution in [1.82, 2.24) is 9.36 Å². The van der Waals surface area contributed by atoms with Crippen LogP contribution in [0.2, 0.25) is 0 Å². The number of rotatable bonds is 7. The van der Waals surface area contributed by atoms with Crippen molar-refractivity contribution in [2.24, 2.45) is 5.92 Å². The molecule has 2 aliphatic rings. The molecule has 0 radical (unpaired) electrons. The fourth-order valence-electron chi connectivity index (χ4n) is 4.18. The van der Waals surface area contributed by atoms with Crippen LogP contribution in [-0.4, -0.2) is 41.3 Å². The molecular formula is C25H23F2N3O3S2. The van der Waals surface area contributed by atoms with Gasteiger partial charge >= 0.3 is 0 Å². The zero-order chi connectivity index (χ0) is 24.6. The molecule has 1 amide bonds. The number of hydrogen-bond donors (Lipinski definition) is 1. The Morgan fingerprint density at radius 2 is 1.66 bits per heavy atom. The third-order valence-electron chi connectivity index (χ3n) is 6.23. The molecule has 1 aromatic heterocycles. The van der Waals surface area contributed by atoms with Gasteiger partial charge in [-0.15, -0.1) is 0 Å². The zero-order valence-corrected chi connectivity index (χ0v) is 20.2. The van der Waals surface area contributed by atoms with Gasteiger partial charge in [0.25, 0.3) is 5.91 Å². The van der Waals surface area contributed by atoms with Crippen LogP contribution in [0.25, 0.3) is 17.0 Å². The van der Waals surface area contributed by atoms with Crippen molar-refractivity contribution in [3.8, 4) is 11.4 Å². The molecule has 10 heteroatoms. The number of halogens is 2. The van der Waals surface area contributed by atoms with Crippen molar-refractivity contribution >= 4 is 38.0 Å². The molecule has 1 heterocycles. The van der Waals surface area contributed by atoms with Gasteiger partial charge in [-0.05, 0) is 49.3 Å². The van der Waals surface area contributed by atoms with Gasteiger partial charge in [0.15, 0.2) is 15.7 Å².